The van der Waals surface area contributed by atoms with E-state index in [1.54, 1.807) is 6.07 Å². The number of hydrogen-bond donors (Lipinski definition) is 1. The molecule has 1 amide bonds. The van der Waals surface area contributed by atoms with Crippen LogP contribution < -0.4 is 0 Å². The fraction of sp³-hybridized carbons (Fsp3) is 0.571. The molecule has 2 rings (SSSR count). The molecule has 0 spiro atoms. The number of carbonyl (C=O) groups excluding carboxylic acids is 1. The second-order valence-corrected chi connectivity index (χ2v) is 5.01. The van der Waals surface area contributed by atoms with Crippen LogP contribution >= 0.6 is 0 Å². The summed E-state index contributed by atoms with van der Waals surface area (Å²) in [5.74, 6) is -0.564. The van der Waals surface area contributed by atoms with E-state index >= 15 is 0 Å². The van der Waals surface area contributed by atoms with Crippen LogP contribution in [0.5, 0.6) is 0 Å². The zero-order chi connectivity index (χ0) is 14.0. The van der Waals surface area contributed by atoms with E-state index in [0.29, 0.717) is 24.3 Å². The lowest BCUT2D eigenvalue weighted by Crippen LogP contribution is -2.52. The van der Waals surface area contributed by atoms with Gasteiger partial charge in [-0.2, -0.15) is 0 Å². The molecule has 1 fully saturated rings. The molecule has 1 aliphatic heterocycles. The second-order valence-electron chi connectivity index (χ2n) is 5.01. The third kappa shape index (κ3) is 2.50. The van der Waals surface area contributed by atoms with Gasteiger partial charge in [0.15, 0.2) is 0 Å². The Hall–Kier alpha value is -1.78. The highest BCUT2D eigenvalue weighted by atomic mass is 16.4. The molecular weight excluding hydrogens is 246 g/mol. The lowest BCUT2D eigenvalue weighted by molar-refractivity contribution is -0.145. The summed E-state index contributed by atoms with van der Waals surface area (Å²) in [6.45, 7) is 4.28. The van der Waals surface area contributed by atoms with Crippen molar-refractivity contribution < 1.29 is 19.1 Å². The molecule has 1 aromatic rings. The number of hydrogen-bond acceptors (Lipinski definition) is 3. The zero-order valence-corrected chi connectivity index (χ0v) is 11.3. The number of carbonyl (C=O) groups is 2. The lowest BCUT2D eigenvalue weighted by atomic mass is 9.90. The monoisotopic (exact) mass is 265 g/mol. The number of furan rings is 1. The number of rotatable bonds is 3. The molecule has 2 heterocycles. The summed E-state index contributed by atoms with van der Waals surface area (Å²) in [5, 5.41) is 9.33. The lowest BCUT2D eigenvalue weighted by Gasteiger charge is -2.37. The minimum Gasteiger partial charge on any atom is -0.480 e. The van der Waals surface area contributed by atoms with Gasteiger partial charge in [0.1, 0.15) is 11.8 Å². The Morgan fingerprint density at radius 2 is 2.26 bits per heavy atom. The molecule has 2 atom stereocenters. The summed E-state index contributed by atoms with van der Waals surface area (Å²) in [6.07, 6.45) is 3.78. The van der Waals surface area contributed by atoms with Crippen molar-refractivity contribution in [2.45, 2.75) is 39.2 Å². The SMILES string of the molecule is CCc1occc1C(=O)N1CCCC(C)C1C(=O)O. The Morgan fingerprint density at radius 1 is 1.53 bits per heavy atom. The van der Waals surface area contributed by atoms with Crippen LogP contribution in [0.3, 0.4) is 0 Å². The first-order valence-electron chi connectivity index (χ1n) is 6.66. The Bertz CT molecular complexity index is 480. The third-order valence-corrected chi connectivity index (χ3v) is 3.74. The first-order chi connectivity index (χ1) is 9.06. The van der Waals surface area contributed by atoms with E-state index in [-0.39, 0.29) is 11.8 Å². The Kier molecular flexibility index (Phi) is 3.93. The molecule has 0 saturated carbocycles. The summed E-state index contributed by atoms with van der Waals surface area (Å²) in [4.78, 5) is 25.4. The van der Waals surface area contributed by atoms with Gasteiger partial charge in [0.2, 0.25) is 0 Å². The average molecular weight is 265 g/mol. The van der Waals surface area contributed by atoms with Crippen LogP contribution in [0.2, 0.25) is 0 Å². The van der Waals surface area contributed by atoms with Crippen LogP contribution in [0.1, 0.15) is 42.8 Å². The largest absolute Gasteiger partial charge is 0.480 e. The van der Waals surface area contributed by atoms with Crippen LogP contribution in [-0.2, 0) is 11.2 Å². The van der Waals surface area contributed by atoms with Crippen LogP contribution in [-0.4, -0.2) is 34.5 Å². The normalized spacial score (nSPS) is 23.4. The maximum Gasteiger partial charge on any atom is 0.326 e. The number of piperidine rings is 1. The van der Waals surface area contributed by atoms with E-state index in [4.69, 9.17) is 4.42 Å². The van der Waals surface area contributed by atoms with E-state index in [1.807, 2.05) is 13.8 Å². The molecule has 1 aromatic heterocycles. The number of aryl methyl sites for hydroxylation is 1. The van der Waals surface area contributed by atoms with E-state index in [2.05, 4.69) is 0 Å². The van der Waals surface area contributed by atoms with E-state index < -0.39 is 12.0 Å². The number of amides is 1. The summed E-state index contributed by atoms with van der Waals surface area (Å²) in [7, 11) is 0. The first-order valence-corrected chi connectivity index (χ1v) is 6.66. The van der Waals surface area contributed by atoms with Crippen LogP contribution in [0.25, 0.3) is 0 Å². The number of likely N-dealkylation sites (tertiary alicyclic amines) is 1. The first kappa shape index (κ1) is 13.6. The molecule has 1 N–H and O–H groups in total. The number of carboxylic acid groups (broad SMARTS) is 1. The minimum absolute atomic E-state index is 0.0211. The predicted molar refractivity (Wildman–Crippen MR) is 68.9 cm³/mol. The van der Waals surface area contributed by atoms with Crippen molar-refractivity contribution in [2.75, 3.05) is 6.54 Å². The summed E-state index contributed by atoms with van der Waals surface area (Å²) < 4.78 is 5.25. The van der Waals surface area contributed by atoms with Crippen LogP contribution in [0.4, 0.5) is 0 Å². The number of carboxylic acids is 1. The van der Waals surface area contributed by atoms with Crippen molar-refractivity contribution in [1.29, 1.82) is 0 Å². The predicted octanol–water partition coefficient (Wildman–Crippen LogP) is 2.17. The van der Waals surface area contributed by atoms with Gasteiger partial charge in [-0.05, 0) is 24.8 Å². The second kappa shape index (κ2) is 5.47. The fourth-order valence-corrected chi connectivity index (χ4v) is 2.75. The summed E-state index contributed by atoms with van der Waals surface area (Å²) >= 11 is 0. The van der Waals surface area contributed by atoms with E-state index in [1.165, 1.54) is 11.2 Å². The maximum atomic E-state index is 12.5. The molecular formula is C14H19NO4. The summed E-state index contributed by atoms with van der Waals surface area (Å²) in [5.41, 5.74) is 0.489. The molecule has 0 aromatic carbocycles. The Morgan fingerprint density at radius 3 is 2.89 bits per heavy atom. The fourth-order valence-electron chi connectivity index (χ4n) is 2.75. The van der Waals surface area contributed by atoms with Gasteiger partial charge in [0.25, 0.3) is 5.91 Å². The van der Waals surface area contributed by atoms with Gasteiger partial charge in [-0.25, -0.2) is 4.79 Å². The minimum atomic E-state index is -0.929. The van der Waals surface area contributed by atoms with Gasteiger partial charge in [0, 0.05) is 13.0 Å². The molecule has 5 nitrogen and oxygen atoms in total. The van der Waals surface area contributed by atoms with Crippen molar-refractivity contribution in [2.24, 2.45) is 5.92 Å². The molecule has 104 valence electrons. The van der Waals surface area contributed by atoms with Crippen molar-refractivity contribution in [3.8, 4) is 0 Å². The van der Waals surface area contributed by atoms with Gasteiger partial charge >= 0.3 is 5.97 Å². The highest BCUT2D eigenvalue weighted by Gasteiger charge is 2.38. The molecule has 0 radical (unpaired) electrons. The average Bonchev–Trinajstić information content (AvgIpc) is 2.85. The quantitative estimate of drug-likeness (QED) is 0.909. The molecule has 2 unspecified atom stereocenters. The molecule has 0 aliphatic carbocycles. The zero-order valence-electron chi connectivity index (χ0n) is 11.3. The van der Waals surface area contributed by atoms with Crippen LogP contribution in [0, 0.1) is 5.92 Å². The van der Waals surface area contributed by atoms with Gasteiger partial charge in [-0.3, -0.25) is 4.79 Å². The molecule has 1 saturated heterocycles. The van der Waals surface area contributed by atoms with Crippen molar-refractivity contribution in [3.63, 3.8) is 0 Å². The number of aliphatic carboxylic acids is 1. The molecule has 1 aliphatic rings. The molecule has 5 heteroatoms. The summed E-state index contributed by atoms with van der Waals surface area (Å²) in [6, 6.07) is 0.889. The van der Waals surface area contributed by atoms with E-state index in [9.17, 15) is 14.7 Å². The third-order valence-electron chi connectivity index (χ3n) is 3.74. The van der Waals surface area contributed by atoms with E-state index in [0.717, 1.165) is 12.8 Å². The Balaban J connectivity index is 2.28. The van der Waals surface area contributed by atoms with Gasteiger partial charge in [-0.15, -0.1) is 0 Å². The topological polar surface area (TPSA) is 70.8 Å². The van der Waals surface area contributed by atoms with Crippen LogP contribution in [0.15, 0.2) is 16.7 Å². The van der Waals surface area contributed by atoms with Gasteiger partial charge < -0.3 is 14.4 Å². The van der Waals surface area contributed by atoms with Gasteiger partial charge in [-0.1, -0.05) is 13.8 Å². The van der Waals surface area contributed by atoms with Gasteiger partial charge in [0.05, 0.1) is 11.8 Å². The van der Waals surface area contributed by atoms with Crippen molar-refractivity contribution in [1.82, 2.24) is 4.90 Å². The number of nitrogens with zero attached hydrogens (tertiary/aromatic N) is 1. The van der Waals surface area contributed by atoms with Crippen molar-refractivity contribution in [3.05, 3.63) is 23.7 Å². The highest BCUT2D eigenvalue weighted by molar-refractivity contribution is 5.97. The smallest absolute Gasteiger partial charge is 0.326 e. The molecule has 19 heavy (non-hydrogen) atoms. The standard InChI is InChI=1S/C14H19NO4/c1-3-11-10(6-8-19-11)13(16)15-7-4-5-9(2)12(15)14(17)18/h6,8-9,12H,3-5,7H2,1-2H3,(H,17,18). The maximum absolute atomic E-state index is 12.5. The Labute approximate surface area is 112 Å². The van der Waals surface area contributed by atoms with Crippen molar-refractivity contribution >= 4 is 11.9 Å². The molecule has 0 bridgehead atoms. The highest BCUT2D eigenvalue weighted by Crippen LogP contribution is 2.26.